The molecule has 1 aromatic heterocycles. The maximum absolute atomic E-state index is 9.20. The molecule has 1 aromatic carbocycles. The number of benzene rings is 1. The van der Waals surface area contributed by atoms with Crippen molar-refractivity contribution in [2.45, 2.75) is 13.8 Å². The van der Waals surface area contributed by atoms with Crippen molar-refractivity contribution in [3.8, 4) is 6.07 Å². The van der Waals surface area contributed by atoms with Crippen molar-refractivity contribution in [2.24, 2.45) is 0 Å². The molecule has 0 aliphatic rings. The molecule has 3 nitrogen and oxygen atoms in total. The number of hydrogen-bond acceptors (Lipinski definition) is 3. The molecular formula is C14H11Cl2N3. The molecule has 0 saturated heterocycles. The van der Waals surface area contributed by atoms with E-state index in [9.17, 15) is 5.26 Å². The first kappa shape index (κ1) is 13.7. The van der Waals surface area contributed by atoms with E-state index in [1.807, 2.05) is 19.9 Å². The second-order valence-electron chi connectivity index (χ2n) is 4.17. The molecule has 0 spiro atoms. The van der Waals surface area contributed by atoms with Gasteiger partial charge in [-0.3, -0.25) is 0 Å². The number of nitrogens with zero attached hydrogens (tertiary/aromatic N) is 2. The van der Waals surface area contributed by atoms with Gasteiger partial charge in [0.2, 0.25) is 0 Å². The summed E-state index contributed by atoms with van der Waals surface area (Å²) >= 11 is 11.9. The van der Waals surface area contributed by atoms with Crippen molar-refractivity contribution in [1.29, 1.82) is 5.26 Å². The first-order valence-corrected chi connectivity index (χ1v) is 6.37. The zero-order valence-electron chi connectivity index (χ0n) is 10.5. The molecule has 2 rings (SSSR count). The van der Waals surface area contributed by atoms with E-state index in [1.165, 1.54) is 0 Å². The predicted molar refractivity (Wildman–Crippen MR) is 78.2 cm³/mol. The van der Waals surface area contributed by atoms with Crippen molar-refractivity contribution >= 4 is 34.7 Å². The predicted octanol–water partition coefficient (Wildman–Crippen LogP) is 4.62. The van der Waals surface area contributed by atoms with Crippen molar-refractivity contribution in [3.63, 3.8) is 0 Å². The quantitative estimate of drug-likeness (QED) is 0.878. The van der Waals surface area contributed by atoms with Gasteiger partial charge in [-0.2, -0.15) is 5.26 Å². The number of aryl methyl sites for hydroxylation is 2. The summed E-state index contributed by atoms with van der Waals surface area (Å²) in [5.41, 5.74) is 2.89. The second-order valence-corrected chi connectivity index (χ2v) is 5.01. The number of pyridine rings is 1. The molecule has 0 fully saturated rings. The van der Waals surface area contributed by atoms with Gasteiger partial charge in [0.15, 0.2) is 0 Å². The minimum Gasteiger partial charge on any atom is -0.338 e. The maximum atomic E-state index is 9.20. The third kappa shape index (κ3) is 2.98. The number of halogens is 2. The number of hydrogen-bond donors (Lipinski definition) is 1. The number of nitrogens with one attached hydrogen (secondary N) is 1. The van der Waals surface area contributed by atoms with Crippen LogP contribution in [0.2, 0.25) is 10.0 Å². The smallest absolute Gasteiger partial charge is 0.148 e. The minimum absolute atomic E-state index is 0.484. The zero-order chi connectivity index (χ0) is 14.0. The molecule has 0 aliphatic carbocycles. The Morgan fingerprint density at radius 2 is 1.95 bits per heavy atom. The van der Waals surface area contributed by atoms with Crippen LogP contribution in [0.25, 0.3) is 0 Å². The van der Waals surface area contributed by atoms with E-state index in [0.717, 1.165) is 11.3 Å². The molecule has 0 radical (unpaired) electrons. The Balaban J connectivity index is 2.46. The summed E-state index contributed by atoms with van der Waals surface area (Å²) in [6.45, 7) is 3.75. The van der Waals surface area contributed by atoms with Gasteiger partial charge < -0.3 is 5.32 Å². The Hall–Kier alpha value is -1.76. The van der Waals surface area contributed by atoms with Crippen LogP contribution in [0.5, 0.6) is 0 Å². The van der Waals surface area contributed by atoms with Crippen LogP contribution >= 0.6 is 23.2 Å². The summed E-state index contributed by atoms with van der Waals surface area (Å²) < 4.78 is 0. The minimum atomic E-state index is 0.484. The Morgan fingerprint density at radius 1 is 1.21 bits per heavy atom. The van der Waals surface area contributed by atoms with Crippen molar-refractivity contribution in [3.05, 3.63) is 51.1 Å². The fourth-order valence-electron chi connectivity index (χ4n) is 1.79. The first-order valence-electron chi connectivity index (χ1n) is 5.61. The molecule has 0 amide bonds. The van der Waals surface area contributed by atoms with Crippen LogP contribution in [0.15, 0.2) is 24.3 Å². The van der Waals surface area contributed by atoms with E-state index in [2.05, 4.69) is 16.4 Å². The molecule has 0 unspecified atom stereocenters. The molecule has 0 atom stereocenters. The monoisotopic (exact) mass is 291 g/mol. The van der Waals surface area contributed by atoms with Crippen LogP contribution in [-0.2, 0) is 0 Å². The summed E-state index contributed by atoms with van der Waals surface area (Å²) in [5, 5.41) is 13.3. The molecular weight excluding hydrogens is 281 g/mol. The van der Waals surface area contributed by atoms with Crippen LogP contribution in [0, 0.1) is 25.2 Å². The lowest BCUT2D eigenvalue weighted by atomic mass is 10.1. The molecule has 0 saturated carbocycles. The lowest BCUT2D eigenvalue weighted by Gasteiger charge is -2.11. The second kappa shape index (κ2) is 5.48. The fourth-order valence-corrected chi connectivity index (χ4v) is 2.24. The van der Waals surface area contributed by atoms with Crippen LogP contribution in [0.4, 0.5) is 11.5 Å². The topological polar surface area (TPSA) is 48.7 Å². The van der Waals surface area contributed by atoms with Gasteiger partial charge in [0.25, 0.3) is 0 Å². The molecule has 19 heavy (non-hydrogen) atoms. The van der Waals surface area contributed by atoms with Crippen molar-refractivity contribution < 1.29 is 0 Å². The number of aromatic nitrogens is 1. The van der Waals surface area contributed by atoms with E-state index >= 15 is 0 Å². The van der Waals surface area contributed by atoms with E-state index in [1.54, 1.807) is 18.2 Å². The maximum Gasteiger partial charge on any atom is 0.148 e. The van der Waals surface area contributed by atoms with Crippen LogP contribution in [0.3, 0.4) is 0 Å². The van der Waals surface area contributed by atoms with Crippen LogP contribution in [-0.4, -0.2) is 4.98 Å². The highest BCUT2D eigenvalue weighted by atomic mass is 35.5. The summed E-state index contributed by atoms with van der Waals surface area (Å²) in [6, 6.07) is 9.14. The normalized spacial score (nSPS) is 10.1. The van der Waals surface area contributed by atoms with E-state index in [0.29, 0.717) is 27.1 Å². The third-order valence-electron chi connectivity index (χ3n) is 2.64. The van der Waals surface area contributed by atoms with E-state index in [-0.39, 0.29) is 0 Å². The molecule has 5 heteroatoms. The summed E-state index contributed by atoms with van der Waals surface area (Å²) in [6.07, 6.45) is 0. The summed E-state index contributed by atoms with van der Waals surface area (Å²) in [4.78, 5) is 4.34. The highest BCUT2D eigenvalue weighted by Gasteiger charge is 2.10. The number of rotatable bonds is 2. The standard InChI is InChI=1S/C14H11Cl2N3/c1-8-5-9(2)18-14(11(8)7-17)19-13-4-3-10(15)6-12(13)16/h3-6H,1-2H3,(H,18,19). The molecule has 0 aliphatic heterocycles. The average molecular weight is 292 g/mol. The largest absolute Gasteiger partial charge is 0.338 e. The van der Waals surface area contributed by atoms with Gasteiger partial charge in [0.1, 0.15) is 11.9 Å². The lowest BCUT2D eigenvalue weighted by Crippen LogP contribution is -2.01. The van der Waals surface area contributed by atoms with Gasteiger partial charge in [-0.15, -0.1) is 0 Å². The highest BCUT2D eigenvalue weighted by molar-refractivity contribution is 6.36. The Bertz CT molecular complexity index is 675. The van der Waals surface area contributed by atoms with Crippen molar-refractivity contribution in [2.75, 3.05) is 5.32 Å². The highest BCUT2D eigenvalue weighted by Crippen LogP contribution is 2.29. The molecule has 2 aromatic rings. The van der Waals surface area contributed by atoms with E-state index in [4.69, 9.17) is 23.2 Å². The van der Waals surface area contributed by atoms with Crippen LogP contribution in [0.1, 0.15) is 16.8 Å². The lowest BCUT2D eigenvalue weighted by molar-refractivity contribution is 1.16. The summed E-state index contributed by atoms with van der Waals surface area (Å²) in [5.74, 6) is 0.504. The van der Waals surface area contributed by atoms with Gasteiger partial charge in [-0.1, -0.05) is 23.2 Å². The van der Waals surface area contributed by atoms with Gasteiger partial charge in [0, 0.05) is 10.7 Å². The van der Waals surface area contributed by atoms with Crippen molar-refractivity contribution in [1.82, 2.24) is 4.98 Å². The Kier molecular flexibility index (Phi) is 3.94. The fraction of sp³-hybridized carbons (Fsp3) is 0.143. The molecule has 1 N–H and O–H groups in total. The first-order chi connectivity index (χ1) is 9.01. The van der Waals surface area contributed by atoms with Gasteiger partial charge in [-0.25, -0.2) is 4.98 Å². The third-order valence-corrected chi connectivity index (χ3v) is 3.19. The SMILES string of the molecule is Cc1cc(C)c(C#N)c(Nc2ccc(Cl)cc2Cl)n1. The molecule has 96 valence electrons. The van der Waals surface area contributed by atoms with E-state index < -0.39 is 0 Å². The van der Waals surface area contributed by atoms with Gasteiger partial charge in [-0.05, 0) is 43.7 Å². The van der Waals surface area contributed by atoms with Gasteiger partial charge in [0.05, 0.1) is 16.3 Å². The Labute approximate surface area is 121 Å². The molecule has 0 bridgehead atoms. The average Bonchev–Trinajstić information content (AvgIpc) is 2.32. The number of nitriles is 1. The Morgan fingerprint density at radius 3 is 2.58 bits per heavy atom. The van der Waals surface area contributed by atoms with Crippen LogP contribution < -0.4 is 5.32 Å². The zero-order valence-corrected chi connectivity index (χ0v) is 12.0. The van der Waals surface area contributed by atoms with Gasteiger partial charge >= 0.3 is 0 Å². The summed E-state index contributed by atoms with van der Waals surface area (Å²) in [7, 11) is 0. The molecule has 1 heterocycles. The number of anilines is 2.